The maximum atomic E-state index is 13.0. The van der Waals surface area contributed by atoms with Gasteiger partial charge in [-0.2, -0.15) is 8.78 Å². The number of rotatable bonds is 9. The van der Waals surface area contributed by atoms with Crippen LogP contribution in [0.15, 0.2) is 67.0 Å². The van der Waals surface area contributed by atoms with E-state index in [-0.39, 0.29) is 17.8 Å². The van der Waals surface area contributed by atoms with E-state index in [1.165, 1.54) is 13.2 Å². The third-order valence-electron chi connectivity index (χ3n) is 5.86. The first-order chi connectivity index (χ1) is 16.0. The first-order valence-corrected chi connectivity index (χ1v) is 10.9. The van der Waals surface area contributed by atoms with Crippen molar-refractivity contribution in [2.24, 2.45) is 0 Å². The quantitative estimate of drug-likeness (QED) is 0.385. The molecule has 3 aromatic rings. The highest BCUT2D eigenvalue weighted by atomic mass is 19.3. The summed E-state index contributed by atoms with van der Waals surface area (Å²) in [7, 11) is 1.34. The van der Waals surface area contributed by atoms with Gasteiger partial charge in [-0.15, -0.1) is 0 Å². The lowest BCUT2D eigenvalue weighted by molar-refractivity contribution is -0.0527. The molecule has 0 N–H and O–H groups in total. The highest BCUT2D eigenvalue weighted by Crippen LogP contribution is 2.38. The molecule has 0 bridgehead atoms. The summed E-state index contributed by atoms with van der Waals surface area (Å²) in [6, 6.07) is 16.2. The van der Waals surface area contributed by atoms with Crippen molar-refractivity contribution < 1.29 is 27.8 Å². The highest BCUT2D eigenvalue weighted by molar-refractivity contribution is 5.89. The molecule has 0 amide bonds. The van der Waals surface area contributed by atoms with Crippen LogP contribution in [0.5, 0.6) is 11.5 Å². The van der Waals surface area contributed by atoms with Crippen molar-refractivity contribution >= 4 is 5.97 Å². The van der Waals surface area contributed by atoms with Crippen LogP contribution in [0.1, 0.15) is 52.2 Å². The van der Waals surface area contributed by atoms with E-state index in [1.54, 1.807) is 36.7 Å². The predicted octanol–water partition coefficient (Wildman–Crippen LogP) is 5.78. The van der Waals surface area contributed by atoms with E-state index in [0.29, 0.717) is 17.7 Å². The lowest BCUT2D eigenvalue weighted by atomic mass is 9.85. The Hall–Kier alpha value is -3.48. The summed E-state index contributed by atoms with van der Waals surface area (Å²) in [5, 5.41) is 0. The van der Waals surface area contributed by atoms with Crippen molar-refractivity contribution in [3.8, 4) is 11.5 Å². The van der Waals surface area contributed by atoms with Gasteiger partial charge in [0.1, 0.15) is 0 Å². The van der Waals surface area contributed by atoms with E-state index in [2.05, 4.69) is 4.98 Å². The van der Waals surface area contributed by atoms with Crippen LogP contribution in [0, 0.1) is 0 Å². The maximum Gasteiger partial charge on any atom is 0.387 e. The molecule has 0 spiro atoms. The van der Waals surface area contributed by atoms with E-state index >= 15 is 0 Å². The number of hydrogen-bond donors (Lipinski definition) is 0. The fraction of sp³-hybridized carbons (Fsp3) is 0.308. The van der Waals surface area contributed by atoms with E-state index in [9.17, 15) is 13.6 Å². The van der Waals surface area contributed by atoms with Crippen molar-refractivity contribution in [3.63, 3.8) is 0 Å². The van der Waals surface area contributed by atoms with Gasteiger partial charge in [-0.3, -0.25) is 4.98 Å². The molecule has 172 valence electrons. The van der Waals surface area contributed by atoms with Gasteiger partial charge in [0.25, 0.3) is 0 Å². The van der Waals surface area contributed by atoms with Crippen LogP contribution in [0.25, 0.3) is 0 Å². The van der Waals surface area contributed by atoms with E-state index < -0.39 is 12.6 Å². The van der Waals surface area contributed by atoms with Gasteiger partial charge < -0.3 is 14.2 Å². The van der Waals surface area contributed by atoms with E-state index in [0.717, 1.165) is 36.0 Å². The van der Waals surface area contributed by atoms with Gasteiger partial charge in [-0.05, 0) is 78.8 Å². The second-order valence-electron chi connectivity index (χ2n) is 7.98. The number of carbonyl (C=O) groups is 1. The largest absolute Gasteiger partial charge is 0.487 e. The minimum Gasteiger partial charge on any atom is -0.487 e. The first-order valence-electron chi connectivity index (χ1n) is 10.9. The molecule has 1 heterocycles. The number of alkyl halides is 2. The van der Waals surface area contributed by atoms with Gasteiger partial charge in [0.05, 0.1) is 18.8 Å². The zero-order chi connectivity index (χ0) is 23.2. The second kappa shape index (κ2) is 10.4. The maximum absolute atomic E-state index is 13.0. The molecule has 7 heteroatoms. The molecule has 0 saturated heterocycles. The summed E-state index contributed by atoms with van der Waals surface area (Å²) < 4.78 is 41.4. The Kier molecular flexibility index (Phi) is 7.17. The molecule has 2 aromatic carbocycles. The van der Waals surface area contributed by atoms with Gasteiger partial charge in [0.2, 0.25) is 0 Å². The summed E-state index contributed by atoms with van der Waals surface area (Å²) in [6.07, 6.45) is 6.99. The Labute approximate surface area is 191 Å². The molecule has 33 heavy (non-hydrogen) atoms. The molecule has 1 aromatic heterocycles. The van der Waals surface area contributed by atoms with Crippen molar-refractivity contribution in [1.29, 1.82) is 0 Å². The van der Waals surface area contributed by atoms with Crippen LogP contribution < -0.4 is 9.47 Å². The fourth-order valence-electron chi connectivity index (χ4n) is 3.85. The number of aromatic nitrogens is 1. The molecular formula is C26H25F2NO4. The van der Waals surface area contributed by atoms with Crippen molar-refractivity contribution in [2.45, 2.75) is 44.3 Å². The molecule has 1 fully saturated rings. The summed E-state index contributed by atoms with van der Waals surface area (Å²) >= 11 is 0. The van der Waals surface area contributed by atoms with Gasteiger partial charge in [-0.25, -0.2) is 4.79 Å². The summed E-state index contributed by atoms with van der Waals surface area (Å²) in [6.45, 7) is -2.93. The Morgan fingerprint density at radius 1 is 1.00 bits per heavy atom. The van der Waals surface area contributed by atoms with Crippen LogP contribution in [0.3, 0.4) is 0 Å². The SMILES string of the molecule is COC(=O)c1ccc(C(Cc2ccncc2)c2ccc(OC(F)F)c(OC3CCC3)c2)cc1. The number of halogens is 2. The molecule has 1 aliphatic rings. The lowest BCUT2D eigenvalue weighted by Gasteiger charge is -2.28. The van der Waals surface area contributed by atoms with Gasteiger partial charge in [-0.1, -0.05) is 18.2 Å². The number of benzene rings is 2. The van der Waals surface area contributed by atoms with Crippen LogP contribution in [-0.4, -0.2) is 30.8 Å². The number of carbonyl (C=O) groups excluding carboxylic acids is 1. The topological polar surface area (TPSA) is 57.7 Å². The Balaban J connectivity index is 1.71. The van der Waals surface area contributed by atoms with Crippen LogP contribution in [-0.2, 0) is 11.2 Å². The average molecular weight is 453 g/mol. The molecule has 0 radical (unpaired) electrons. The third-order valence-corrected chi connectivity index (χ3v) is 5.86. The van der Waals surface area contributed by atoms with E-state index in [4.69, 9.17) is 14.2 Å². The monoisotopic (exact) mass is 453 g/mol. The Morgan fingerprint density at radius 3 is 2.30 bits per heavy atom. The predicted molar refractivity (Wildman–Crippen MR) is 119 cm³/mol. The number of ether oxygens (including phenoxy) is 3. The third kappa shape index (κ3) is 5.66. The lowest BCUT2D eigenvalue weighted by Crippen LogP contribution is -2.25. The molecule has 0 aliphatic heterocycles. The van der Waals surface area contributed by atoms with Crippen LogP contribution in [0.4, 0.5) is 8.78 Å². The molecule has 1 unspecified atom stereocenters. The average Bonchev–Trinajstić information content (AvgIpc) is 2.81. The minimum atomic E-state index is -2.93. The molecule has 1 saturated carbocycles. The smallest absolute Gasteiger partial charge is 0.387 e. The molecule has 5 nitrogen and oxygen atoms in total. The van der Waals surface area contributed by atoms with Crippen LogP contribution in [0.2, 0.25) is 0 Å². The van der Waals surface area contributed by atoms with Crippen molar-refractivity contribution in [1.82, 2.24) is 4.98 Å². The highest BCUT2D eigenvalue weighted by Gasteiger charge is 2.24. The molecular weight excluding hydrogens is 428 g/mol. The second-order valence-corrected chi connectivity index (χ2v) is 7.98. The van der Waals surface area contributed by atoms with Gasteiger partial charge in [0, 0.05) is 18.3 Å². The fourth-order valence-corrected chi connectivity index (χ4v) is 3.85. The number of esters is 1. The number of methoxy groups -OCH3 is 1. The van der Waals surface area contributed by atoms with Gasteiger partial charge >= 0.3 is 12.6 Å². The normalized spacial score (nSPS) is 14.4. The zero-order valence-corrected chi connectivity index (χ0v) is 18.2. The van der Waals surface area contributed by atoms with Crippen LogP contribution >= 0.6 is 0 Å². The van der Waals surface area contributed by atoms with Crippen molar-refractivity contribution in [3.05, 3.63) is 89.2 Å². The molecule has 4 rings (SSSR count). The standard InChI is InChI=1S/C26H25F2NO4/c1-31-25(30)19-7-5-18(6-8-19)22(15-17-11-13-29-14-12-17)20-9-10-23(33-26(27)28)24(16-20)32-21-3-2-4-21/h5-14,16,21-22,26H,2-4,15H2,1H3. The first kappa shape index (κ1) is 22.7. The number of nitrogens with zero attached hydrogens (tertiary/aromatic N) is 1. The summed E-state index contributed by atoms with van der Waals surface area (Å²) in [4.78, 5) is 15.9. The molecule has 1 aliphatic carbocycles. The van der Waals surface area contributed by atoms with Gasteiger partial charge in [0.15, 0.2) is 11.5 Å². The Bertz CT molecular complexity index is 1070. The zero-order valence-electron chi connectivity index (χ0n) is 18.2. The summed E-state index contributed by atoms with van der Waals surface area (Å²) in [5.74, 6) is -0.159. The summed E-state index contributed by atoms with van der Waals surface area (Å²) in [5.41, 5.74) is 3.39. The van der Waals surface area contributed by atoms with Crippen molar-refractivity contribution in [2.75, 3.05) is 7.11 Å². The minimum absolute atomic E-state index is 0.0123. The number of pyridine rings is 1. The Morgan fingerprint density at radius 2 is 1.70 bits per heavy atom. The number of hydrogen-bond acceptors (Lipinski definition) is 5. The molecule has 1 atom stereocenters. The van der Waals surface area contributed by atoms with E-state index in [1.807, 2.05) is 24.3 Å².